The first-order valence-electron chi connectivity index (χ1n) is 8.31. The highest BCUT2D eigenvalue weighted by Gasteiger charge is 2.12. The van der Waals surface area contributed by atoms with Crippen LogP contribution in [0.4, 0.5) is 0 Å². The third kappa shape index (κ3) is 5.11. The van der Waals surface area contributed by atoms with Crippen LogP contribution >= 0.6 is 23.4 Å². The first kappa shape index (κ1) is 19.9. The van der Waals surface area contributed by atoms with Crippen LogP contribution in [0.1, 0.15) is 5.56 Å². The molecule has 0 saturated carbocycles. The van der Waals surface area contributed by atoms with Crippen molar-refractivity contribution in [3.05, 3.63) is 59.1 Å². The number of hydrogen-bond acceptors (Lipinski definition) is 6. The maximum Gasteiger partial charge on any atom is 0.250 e. The smallest absolute Gasteiger partial charge is 0.250 e. The summed E-state index contributed by atoms with van der Waals surface area (Å²) >= 11 is 7.20. The molecule has 1 N–H and O–H groups in total. The van der Waals surface area contributed by atoms with Crippen LogP contribution in [0.2, 0.25) is 5.02 Å². The lowest BCUT2D eigenvalue weighted by Crippen LogP contribution is -2.19. The molecule has 2 aromatic carbocycles. The Hall–Kier alpha value is -2.84. The molecule has 0 aliphatic rings. The number of methoxy groups -OCH3 is 1. The number of ether oxygens (including phenoxy) is 1. The number of carbonyl (C=O) groups excluding carboxylic acids is 1. The number of hydrogen-bond donors (Lipinski definition) is 1. The number of nitrogens with zero attached hydrogens (tertiary/aromatic N) is 4. The van der Waals surface area contributed by atoms with E-state index in [9.17, 15) is 4.79 Å². The van der Waals surface area contributed by atoms with Gasteiger partial charge in [-0.3, -0.25) is 4.79 Å². The fourth-order valence-electron chi connectivity index (χ4n) is 2.32. The van der Waals surface area contributed by atoms with E-state index < -0.39 is 0 Å². The lowest BCUT2D eigenvalue weighted by Gasteiger charge is -2.04. The number of hydrazone groups is 1. The Labute approximate surface area is 171 Å². The van der Waals surface area contributed by atoms with Gasteiger partial charge in [0.25, 0.3) is 5.91 Å². The molecule has 3 rings (SSSR count). The van der Waals surface area contributed by atoms with Gasteiger partial charge in [-0.1, -0.05) is 23.4 Å². The standard InChI is InChI=1S/C19H18ClN5O2S/c1-25-18(14-5-7-15(20)8-6-14)23-24-19(25)28-12-17(26)22-21-11-13-3-9-16(27-2)10-4-13/h3-11H,12H2,1-2H3,(H,22,26)/b21-11-. The van der Waals surface area contributed by atoms with Crippen LogP contribution in [0.15, 0.2) is 58.8 Å². The van der Waals surface area contributed by atoms with Crippen molar-refractivity contribution in [2.75, 3.05) is 12.9 Å². The van der Waals surface area contributed by atoms with Crippen LogP contribution in [0.3, 0.4) is 0 Å². The molecule has 1 heterocycles. The van der Waals surface area contributed by atoms with E-state index in [1.54, 1.807) is 25.5 Å². The molecule has 0 aliphatic carbocycles. The molecule has 0 spiro atoms. The zero-order chi connectivity index (χ0) is 19.9. The summed E-state index contributed by atoms with van der Waals surface area (Å²) in [7, 11) is 3.46. The Morgan fingerprint density at radius 1 is 1.21 bits per heavy atom. The maximum atomic E-state index is 12.0. The molecular weight excluding hydrogens is 398 g/mol. The van der Waals surface area contributed by atoms with Gasteiger partial charge in [0, 0.05) is 17.6 Å². The SMILES string of the molecule is COc1ccc(/C=N\NC(=O)CSc2nnc(-c3ccc(Cl)cc3)n2C)cc1. The summed E-state index contributed by atoms with van der Waals surface area (Å²) in [6.07, 6.45) is 1.57. The van der Waals surface area contributed by atoms with Crippen LogP contribution in [0.5, 0.6) is 5.75 Å². The van der Waals surface area contributed by atoms with E-state index in [1.807, 2.05) is 48.0 Å². The second kappa shape index (κ2) is 9.38. The van der Waals surface area contributed by atoms with E-state index in [2.05, 4.69) is 20.7 Å². The predicted octanol–water partition coefficient (Wildman–Crippen LogP) is 3.39. The van der Waals surface area contributed by atoms with E-state index in [0.29, 0.717) is 16.0 Å². The highest BCUT2D eigenvalue weighted by molar-refractivity contribution is 7.99. The normalized spacial score (nSPS) is 11.0. The molecule has 0 saturated heterocycles. The highest BCUT2D eigenvalue weighted by Crippen LogP contribution is 2.23. The average molecular weight is 416 g/mol. The number of nitrogens with one attached hydrogen (secondary N) is 1. The second-order valence-electron chi connectivity index (χ2n) is 5.73. The zero-order valence-corrected chi connectivity index (χ0v) is 16.9. The Balaban J connectivity index is 1.53. The summed E-state index contributed by atoms with van der Waals surface area (Å²) in [6.45, 7) is 0. The largest absolute Gasteiger partial charge is 0.497 e. The fraction of sp³-hybridized carbons (Fsp3) is 0.158. The topological polar surface area (TPSA) is 81.4 Å². The Bertz CT molecular complexity index is 971. The summed E-state index contributed by atoms with van der Waals surface area (Å²) in [6, 6.07) is 14.7. The molecule has 0 unspecified atom stereocenters. The van der Waals surface area contributed by atoms with Gasteiger partial charge in [-0.25, -0.2) is 5.43 Å². The van der Waals surface area contributed by atoms with Crippen LogP contribution in [-0.2, 0) is 11.8 Å². The van der Waals surface area contributed by atoms with E-state index in [0.717, 1.165) is 16.9 Å². The second-order valence-corrected chi connectivity index (χ2v) is 7.11. The Morgan fingerprint density at radius 2 is 1.93 bits per heavy atom. The van der Waals surface area contributed by atoms with Crippen molar-refractivity contribution in [1.29, 1.82) is 0 Å². The number of halogens is 1. The first-order valence-corrected chi connectivity index (χ1v) is 9.67. The van der Waals surface area contributed by atoms with Crippen molar-refractivity contribution >= 4 is 35.5 Å². The van der Waals surface area contributed by atoms with Gasteiger partial charge in [0.05, 0.1) is 19.1 Å². The molecule has 0 aliphatic heterocycles. The van der Waals surface area contributed by atoms with Crippen molar-refractivity contribution in [1.82, 2.24) is 20.2 Å². The van der Waals surface area contributed by atoms with Gasteiger partial charge in [0.1, 0.15) is 5.75 Å². The molecule has 0 bridgehead atoms. The molecular formula is C19H18ClN5O2S. The molecule has 1 amide bonds. The summed E-state index contributed by atoms with van der Waals surface area (Å²) in [5.74, 6) is 1.41. The predicted molar refractivity (Wildman–Crippen MR) is 111 cm³/mol. The molecule has 1 aromatic heterocycles. The van der Waals surface area contributed by atoms with Gasteiger partial charge < -0.3 is 9.30 Å². The van der Waals surface area contributed by atoms with Crippen LogP contribution in [-0.4, -0.2) is 39.7 Å². The van der Waals surface area contributed by atoms with Crippen molar-refractivity contribution in [3.63, 3.8) is 0 Å². The third-order valence-corrected chi connectivity index (χ3v) is 5.06. The van der Waals surface area contributed by atoms with Gasteiger partial charge in [0.15, 0.2) is 11.0 Å². The summed E-state index contributed by atoms with van der Waals surface area (Å²) < 4.78 is 6.93. The van der Waals surface area contributed by atoms with Gasteiger partial charge in [-0.15, -0.1) is 10.2 Å². The van der Waals surface area contributed by atoms with Crippen molar-refractivity contribution in [2.45, 2.75) is 5.16 Å². The first-order chi connectivity index (χ1) is 13.6. The number of aromatic nitrogens is 3. The molecule has 7 nitrogen and oxygen atoms in total. The molecule has 0 atom stereocenters. The van der Waals surface area contributed by atoms with Gasteiger partial charge in [-0.05, 0) is 54.1 Å². The fourth-order valence-corrected chi connectivity index (χ4v) is 3.15. The van der Waals surface area contributed by atoms with E-state index in [-0.39, 0.29) is 11.7 Å². The molecule has 0 fully saturated rings. The van der Waals surface area contributed by atoms with Crippen molar-refractivity contribution in [2.24, 2.45) is 12.1 Å². The zero-order valence-electron chi connectivity index (χ0n) is 15.3. The molecule has 9 heteroatoms. The average Bonchev–Trinajstić information content (AvgIpc) is 3.08. The van der Waals surface area contributed by atoms with Gasteiger partial charge >= 0.3 is 0 Å². The molecule has 3 aromatic rings. The third-order valence-electron chi connectivity index (χ3n) is 3.79. The molecule has 28 heavy (non-hydrogen) atoms. The summed E-state index contributed by atoms with van der Waals surface area (Å²) in [4.78, 5) is 12.0. The van der Waals surface area contributed by atoms with Gasteiger partial charge in [0.2, 0.25) is 0 Å². The minimum atomic E-state index is -0.231. The molecule has 144 valence electrons. The number of thioether (sulfide) groups is 1. The number of carbonyl (C=O) groups is 1. The lowest BCUT2D eigenvalue weighted by atomic mass is 10.2. The van der Waals surface area contributed by atoms with E-state index in [4.69, 9.17) is 16.3 Å². The number of amides is 1. The van der Waals surface area contributed by atoms with Crippen molar-refractivity contribution in [3.8, 4) is 17.1 Å². The minimum absolute atomic E-state index is 0.173. The lowest BCUT2D eigenvalue weighted by molar-refractivity contribution is -0.118. The molecule has 0 radical (unpaired) electrons. The van der Waals surface area contributed by atoms with Crippen LogP contribution in [0.25, 0.3) is 11.4 Å². The number of rotatable bonds is 7. The Kier molecular flexibility index (Phi) is 6.67. The highest BCUT2D eigenvalue weighted by atomic mass is 35.5. The maximum absolute atomic E-state index is 12.0. The van der Waals surface area contributed by atoms with Crippen molar-refractivity contribution < 1.29 is 9.53 Å². The van der Waals surface area contributed by atoms with Crippen LogP contribution in [0, 0.1) is 0 Å². The Morgan fingerprint density at radius 3 is 2.61 bits per heavy atom. The minimum Gasteiger partial charge on any atom is -0.497 e. The monoisotopic (exact) mass is 415 g/mol. The van der Waals surface area contributed by atoms with E-state index in [1.165, 1.54) is 11.8 Å². The van der Waals surface area contributed by atoms with Crippen LogP contribution < -0.4 is 10.2 Å². The van der Waals surface area contributed by atoms with E-state index >= 15 is 0 Å². The quantitative estimate of drug-likeness (QED) is 0.363. The van der Waals surface area contributed by atoms with Gasteiger partial charge in [-0.2, -0.15) is 5.10 Å². The summed E-state index contributed by atoms with van der Waals surface area (Å²) in [5, 5.41) is 13.6. The number of benzene rings is 2. The summed E-state index contributed by atoms with van der Waals surface area (Å²) in [5.41, 5.74) is 4.26.